The van der Waals surface area contributed by atoms with Crippen molar-refractivity contribution in [2.24, 2.45) is 5.92 Å². The topological polar surface area (TPSA) is 72.9 Å². The number of hydrogen-bond donors (Lipinski definition) is 0. The van der Waals surface area contributed by atoms with Gasteiger partial charge >= 0.3 is 12.1 Å². The highest BCUT2D eigenvalue weighted by Gasteiger charge is 2.57. The number of fused-ring (bicyclic) bond motifs is 2. The summed E-state index contributed by atoms with van der Waals surface area (Å²) in [5, 5.41) is 0. The molecule has 0 N–H and O–H groups in total. The van der Waals surface area contributed by atoms with Gasteiger partial charge in [0.1, 0.15) is 24.0 Å². The van der Waals surface area contributed by atoms with E-state index in [1.807, 2.05) is 30.3 Å². The molecule has 6 nitrogen and oxygen atoms in total. The number of Topliss-reactive ketones (excluding diaryl/α,β-unsaturated/α-hetero) is 1. The van der Waals surface area contributed by atoms with E-state index >= 15 is 0 Å². The molecule has 134 valence electrons. The molecule has 2 bridgehead atoms. The zero-order valence-electron chi connectivity index (χ0n) is 14.7. The van der Waals surface area contributed by atoms with Crippen molar-refractivity contribution >= 4 is 17.8 Å². The number of benzene rings is 1. The highest BCUT2D eigenvalue weighted by Crippen LogP contribution is 2.41. The Kier molecular flexibility index (Phi) is 4.54. The molecule has 1 saturated heterocycles. The predicted molar refractivity (Wildman–Crippen MR) is 89.6 cm³/mol. The lowest BCUT2D eigenvalue weighted by atomic mass is 9.97. The quantitative estimate of drug-likeness (QED) is 0.788. The Bertz CT molecular complexity index is 679. The number of hydrogen-bond acceptors (Lipinski definition) is 5. The largest absolute Gasteiger partial charge is 0.459 e. The molecule has 6 heteroatoms. The fourth-order valence-corrected chi connectivity index (χ4v) is 3.50. The lowest BCUT2D eigenvalue weighted by molar-refractivity contribution is -0.155. The number of carbonyl (C=O) groups excluding carboxylic acids is 3. The van der Waals surface area contributed by atoms with Crippen LogP contribution in [0.3, 0.4) is 0 Å². The molecule has 1 saturated carbocycles. The van der Waals surface area contributed by atoms with Crippen LogP contribution in [-0.2, 0) is 25.7 Å². The fraction of sp³-hybridized carbons (Fsp3) is 0.526. The number of rotatable bonds is 3. The highest BCUT2D eigenvalue weighted by molar-refractivity contribution is 5.95. The maximum Gasteiger partial charge on any atom is 0.411 e. The number of ether oxygens (including phenoxy) is 2. The van der Waals surface area contributed by atoms with Gasteiger partial charge in [0.05, 0.1) is 5.92 Å². The van der Waals surface area contributed by atoms with Gasteiger partial charge in [-0.3, -0.25) is 9.69 Å². The van der Waals surface area contributed by atoms with Gasteiger partial charge in [0.2, 0.25) is 0 Å². The van der Waals surface area contributed by atoms with Crippen LogP contribution in [0.1, 0.15) is 39.2 Å². The Hall–Kier alpha value is -2.37. The summed E-state index contributed by atoms with van der Waals surface area (Å²) < 4.78 is 10.8. The first-order chi connectivity index (χ1) is 11.8. The van der Waals surface area contributed by atoms with Crippen LogP contribution in [0.2, 0.25) is 0 Å². The van der Waals surface area contributed by atoms with Crippen molar-refractivity contribution in [3.05, 3.63) is 35.9 Å². The van der Waals surface area contributed by atoms with Crippen LogP contribution in [0.25, 0.3) is 0 Å². The first-order valence-corrected chi connectivity index (χ1v) is 8.51. The maximum atomic E-state index is 12.6. The number of nitrogens with zero attached hydrogens (tertiary/aromatic N) is 1. The van der Waals surface area contributed by atoms with Crippen LogP contribution in [0.15, 0.2) is 30.3 Å². The highest BCUT2D eigenvalue weighted by atomic mass is 16.6. The average molecular weight is 345 g/mol. The van der Waals surface area contributed by atoms with E-state index in [2.05, 4.69) is 0 Å². The minimum atomic E-state index is -0.884. The molecular weight excluding hydrogens is 322 g/mol. The van der Waals surface area contributed by atoms with Crippen molar-refractivity contribution in [1.82, 2.24) is 4.90 Å². The average Bonchev–Trinajstić information content (AvgIpc) is 3.08. The van der Waals surface area contributed by atoms with Gasteiger partial charge in [0.15, 0.2) is 0 Å². The first-order valence-electron chi connectivity index (χ1n) is 8.51. The van der Waals surface area contributed by atoms with E-state index in [1.165, 1.54) is 4.90 Å². The number of ketones is 1. The molecule has 0 aromatic heterocycles. The third-order valence-electron chi connectivity index (χ3n) is 4.52. The Balaban J connectivity index is 1.73. The number of carbonyl (C=O) groups is 3. The zero-order valence-corrected chi connectivity index (χ0v) is 14.7. The summed E-state index contributed by atoms with van der Waals surface area (Å²) in [7, 11) is 0. The summed E-state index contributed by atoms with van der Waals surface area (Å²) in [4.78, 5) is 38.6. The number of amides is 1. The van der Waals surface area contributed by atoms with E-state index in [9.17, 15) is 14.4 Å². The Morgan fingerprint density at radius 1 is 1.20 bits per heavy atom. The van der Waals surface area contributed by atoms with Crippen molar-refractivity contribution in [2.45, 2.75) is 57.9 Å². The molecular formula is C19H23NO5. The summed E-state index contributed by atoms with van der Waals surface area (Å²) in [5.41, 5.74) is 0.190. The second-order valence-corrected chi connectivity index (χ2v) is 7.59. The van der Waals surface area contributed by atoms with Gasteiger partial charge in [-0.15, -0.1) is 0 Å². The number of likely N-dealkylation sites (tertiary alicyclic amines) is 1. The SMILES string of the molecule is CC(C)(C)OC(=O)N1C2CC(=O)[C@@H](C2)[C@H]1C(=O)OCc1ccccc1. The minimum Gasteiger partial charge on any atom is -0.459 e. The predicted octanol–water partition coefficient (Wildman–Crippen LogP) is 2.70. The Labute approximate surface area is 147 Å². The standard InChI is InChI=1S/C19H23NO5/c1-19(2,3)25-18(23)20-13-9-14(15(21)10-13)16(20)17(22)24-11-12-7-5-4-6-8-12/h4-8,13-14,16H,9-11H2,1-3H3/t13?,14-,16+/m1/s1. The molecule has 1 heterocycles. The normalized spacial score (nSPS) is 25.2. The van der Waals surface area contributed by atoms with E-state index in [0.29, 0.717) is 6.42 Å². The van der Waals surface area contributed by atoms with Crippen molar-refractivity contribution in [3.63, 3.8) is 0 Å². The monoisotopic (exact) mass is 345 g/mol. The molecule has 2 aliphatic rings. The molecule has 1 amide bonds. The zero-order chi connectivity index (χ0) is 18.2. The Morgan fingerprint density at radius 3 is 2.52 bits per heavy atom. The Morgan fingerprint density at radius 2 is 1.88 bits per heavy atom. The molecule has 25 heavy (non-hydrogen) atoms. The second kappa shape index (κ2) is 6.50. The van der Waals surface area contributed by atoms with Crippen molar-refractivity contribution in [1.29, 1.82) is 0 Å². The summed E-state index contributed by atoms with van der Waals surface area (Å²) in [6.07, 6.45) is 0.226. The lowest BCUT2D eigenvalue weighted by Gasteiger charge is -2.34. The minimum absolute atomic E-state index is 0.0199. The molecule has 1 unspecified atom stereocenters. The molecule has 0 spiro atoms. The van der Waals surface area contributed by atoms with Crippen LogP contribution in [-0.4, -0.2) is 40.4 Å². The van der Waals surface area contributed by atoms with Gasteiger partial charge in [-0.05, 0) is 32.8 Å². The van der Waals surface area contributed by atoms with Crippen molar-refractivity contribution < 1.29 is 23.9 Å². The third-order valence-corrected chi connectivity index (χ3v) is 4.52. The third kappa shape index (κ3) is 3.67. The number of esters is 1. The van der Waals surface area contributed by atoms with E-state index < -0.39 is 29.6 Å². The van der Waals surface area contributed by atoms with E-state index in [0.717, 1.165) is 5.56 Å². The van der Waals surface area contributed by atoms with Crippen LogP contribution in [0.5, 0.6) is 0 Å². The smallest absolute Gasteiger partial charge is 0.411 e. The second-order valence-electron chi connectivity index (χ2n) is 7.59. The molecule has 1 aromatic rings. The lowest BCUT2D eigenvalue weighted by Crippen LogP contribution is -2.53. The fourth-order valence-electron chi connectivity index (χ4n) is 3.50. The molecule has 1 aromatic carbocycles. The van der Waals surface area contributed by atoms with E-state index in [-0.39, 0.29) is 24.9 Å². The summed E-state index contributed by atoms with van der Waals surface area (Å²) in [5.74, 6) is -1.01. The van der Waals surface area contributed by atoms with Crippen LogP contribution in [0.4, 0.5) is 4.79 Å². The van der Waals surface area contributed by atoms with Gasteiger partial charge in [0, 0.05) is 12.5 Å². The molecule has 2 fully saturated rings. The van der Waals surface area contributed by atoms with Crippen LogP contribution < -0.4 is 0 Å². The summed E-state index contributed by atoms with van der Waals surface area (Å²) in [6.45, 7) is 5.43. The molecule has 1 aliphatic heterocycles. The maximum absolute atomic E-state index is 12.6. The van der Waals surface area contributed by atoms with Gasteiger partial charge in [0.25, 0.3) is 0 Å². The van der Waals surface area contributed by atoms with E-state index in [4.69, 9.17) is 9.47 Å². The van der Waals surface area contributed by atoms with Gasteiger partial charge in [-0.2, -0.15) is 0 Å². The van der Waals surface area contributed by atoms with Crippen molar-refractivity contribution in [2.75, 3.05) is 0 Å². The van der Waals surface area contributed by atoms with Gasteiger partial charge in [-0.1, -0.05) is 30.3 Å². The first kappa shape index (κ1) is 17.5. The van der Waals surface area contributed by atoms with Gasteiger partial charge in [-0.25, -0.2) is 9.59 Å². The van der Waals surface area contributed by atoms with Crippen molar-refractivity contribution in [3.8, 4) is 0 Å². The van der Waals surface area contributed by atoms with Crippen LogP contribution in [0, 0.1) is 5.92 Å². The summed E-state index contributed by atoms with van der Waals surface area (Å²) >= 11 is 0. The number of piperidine rings is 1. The molecule has 3 rings (SSSR count). The van der Waals surface area contributed by atoms with E-state index in [1.54, 1.807) is 20.8 Å². The van der Waals surface area contributed by atoms with Gasteiger partial charge < -0.3 is 9.47 Å². The summed E-state index contributed by atoms with van der Waals surface area (Å²) in [6, 6.07) is 8.14. The van der Waals surface area contributed by atoms with Crippen LogP contribution >= 0.6 is 0 Å². The molecule has 0 radical (unpaired) electrons. The molecule has 1 aliphatic carbocycles. The molecule has 3 atom stereocenters.